The first-order chi connectivity index (χ1) is 7.75. The van der Waals surface area contributed by atoms with Crippen molar-refractivity contribution in [2.75, 3.05) is 19.6 Å². The van der Waals surface area contributed by atoms with Gasteiger partial charge < -0.3 is 10.6 Å². The number of aryl methyl sites for hydroxylation is 1. The van der Waals surface area contributed by atoms with Crippen molar-refractivity contribution in [1.29, 1.82) is 0 Å². The molecule has 0 unspecified atom stereocenters. The second kappa shape index (κ2) is 7.36. The van der Waals surface area contributed by atoms with Gasteiger partial charge in [-0.15, -0.1) is 0 Å². The van der Waals surface area contributed by atoms with E-state index in [9.17, 15) is 4.39 Å². The van der Waals surface area contributed by atoms with Crippen LogP contribution in [0.4, 0.5) is 4.39 Å². The zero-order chi connectivity index (χ0) is 11.8. The summed E-state index contributed by atoms with van der Waals surface area (Å²) in [6, 6.07) is 5.53. The van der Waals surface area contributed by atoms with Crippen molar-refractivity contribution in [3.05, 3.63) is 35.1 Å². The van der Waals surface area contributed by atoms with Crippen LogP contribution < -0.4 is 10.6 Å². The van der Waals surface area contributed by atoms with E-state index in [1.165, 1.54) is 0 Å². The van der Waals surface area contributed by atoms with E-state index >= 15 is 0 Å². The number of hydrogen-bond acceptors (Lipinski definition) is 2. The molecule has 0 atom stereocenters. The van der Waals surface area contributed by atoms with E-state index in [0.29, 0.717) is 12.1 Å². The maximum absolute atomic E-state index is 13.6. The largest absolute Gasteiger partial charge is 0.317 e. The number of halogens is 1. The lowest BCUT2D eigenvalue weighted by atomic mass is 10.1. The van der Waals surface area contributed by atoms with E-state index in [-0.39, 0.29) is 5.82 Å². The van der Waals surface area contributed by atoms with E-state index in [0.717, 1.165) is 31.6 Å². The lowest BCUT2D eigenvalue weighted by Crippen LogP contribution is -2.21. The summed E-state index contributed by atoms with van der Waals surface area (Å²) in [7, 11) is 0. The maximum Gasteiger partial charge on any atom is 0.130 e. The predicted octanol–water partition coefficient (Wildman–Crippen LogP) is 2.22. The van der Waals surface area contributed by atoms with E-state index in [2.05, 4.69) is 17.6 Å². The van der Waals surface area contributed by atoms with Crippen LogP contribution in [0.2, 0.25) is 0 Å². The summed E-state index contributed by atoms with van der Waals surface area (Å²) in [5, 5.41) is 6.50. The monoisotopic (exact) mass is 224 g/mol. The molecule has 2 nitrogen and oxygen atoms in total. The van der Waals surface area contributed by atoms with Crippen molar-refractivity contribution < 1.29 is 4.39 Å². The van der Waals surface area contributed by atoms with Crippen molar-refractivity contribution in [3.8, 4) is 0 Å². The summed E-state index contributed by atoms with van der Waals surface area (Å²) < 4.78 is 13.6. The zero-order valence-corrected chi connectivity index (χ0v) is 10.1. The van der Waals surface area contributed by atoms with Crippen LogP contribution in [0.25, 0.3) is 0 Å². The van der Waals surface area contributed by atoms with Crippen LogP contribution in [0.5, 0.6) is 0 Å². The second-order valence-corrected chi connectivity index (χ2v) is 3.93. The number of nitrogens with one attached hydrogen (secondary N) is 2. The molecule has 90 valence electrons. The fraction of sp³-hybridized carbons (Fsp3) is 0.538. The number of benzene rings is 1. The van der Waals surface area contributed by atoms with Crippen LogP contribution in [0.15, 0.2) is 18.2 Å². The third kappa shape index (κ3) is 4.29. The van der Waals surface area contributed by atoms with Gasteiger partial charge in [0, 0.05) is 12.1 Å². The molecule has 0 aromatic heterocycles. The van der Waals surface area contributed by atoms with Gasteiger partial charge in [-0.1, -0.05) is 25.1 Å². The van der Waals surface area contributed by atoms with Crippen molar-refractivity contribution in [2.24, 2.45) is 0 Å². The standard InChI is InChI=1S/C13H21FN2/c1-3-15-8-5-9-16-10-12-7-4-6-11(2)13(12)14/h4,6-7,15-16H,3,5,8-10H2,1-2H3. The molecule has 0 spiro atoms. The Kier molecular flexibility index (Phi) is 6.04. The van der Waals surface area contributed by atoms with Gasteiger partial charge >= 0.3 is 0 Å². The number of rotatable bonds is 7. The first-order valence-corrected chi connectivity index (χ1v) is 5.91. The Bertz CT molecular complexity index is 313. The van der Waals surface area contributed by atoms with E-state index in [1.807, 2.05) is 12.1 Å². The highest BCUT2D eigenvalue weighted by atomic mass is 19.1. The minimum Gasteiger partial charge on any atom is -0.317 e. The SMILES string of the molecule is CCNCCCNCc1cccc(C)c1F. The highest BCUT2D eigenvalue weighted by molar-refractivity contribution is 5.24. The van der Waals surface area contributed by atoms with Gasteiger partial charge in [-0.3, -0.25) is 0 Å². The third-order valence-corrected chi connectivity index (χ3v) is 2.54. The van der Waals surface area contributed by atoms with Crippen LogP contribution in [0.3, 0.4) is 0 Å². The topological polar surface area (TPSA) is 24.1 Å². The minimum absolute atomic E-state index is 0.0818. The van der Waals surface area contributed by atoms with Gasteiger partial charge in [-0.05, 0) is 38.5 Å². The molecule has 1 rings (SSSR count). The molecule has 0 bridgehead atoms. The van der Waals surface area contributed by atoms with Crippen molar-refractivity contribution in [3.63, 3.8) is 0 Å². The van der Waals surface area contributed by atoms with Gasteiger partial charge in [0.25, 0.3) is 0 Å². The molecule has 0 aliphatic heterocycles. The van der Waals surface area contributed by atoms with Crippen LogP contribution in [-0.2, 0) is 6.54 Å². The normalized spacial score (nSPS) is 10.7. The van der Waals surface area contributed by atoms with Gasteiger partial charge in [-0.2, -0.15) is 0 Å². The molecular formula is C13H21FN2. The molecule has 0 saturated carbocycles. The van der Waals surface area contributed by atoms with Crippen LogP contribution in [0, 0.1) is 12.7 Å². The molecular weight excluding hydrogens is 203 g/mol. The van der Waals surface area contributed by atoms with E-state index in [4.69, 9.17) is 0 Å². The maximum atomic E-state index is 13.6. The molecule has 1 aromatic rings. The highest BCUT2D eigenvalue weighted by Crippen LogP contribution is 2.11. The Balaban J connectivity index is 2.24. The number of hydrogen-bond donors (Lipinski definition) is 2. The van der Waals surface area contributed by atoms with Crippen molar-refractivity contribution in [2.45, 2.75) is 26.8 Å². The predicted molar refractivity (Wildman–Crippen MR) is 66.0 cm³/mol. The van der Waals surface area contributed by atoms with Gasteiger partial charge in [0.05, 0.1) is 0 Å². The second-order valence-electron chi connectivity index (χ2n) is 3.93. The van der Waals surface area contributed by atoms with Crippen molar-refractivity contribution in [1.82, 2.24) is 10.6 Å². The van der Waals surface area contributed by atoms with Gasteiger partial charge in [0.2, 0.25) is 0 Å². The summed E-state index contributed by atoms with van der Waals surface area (Å²) in [4.78, 5) is 0. The van der Waals surface area contributed by atoms with Gasteiger partial charge in [0.15, 0.2) is 0 Å². The van der Waals surface area contributed by atoms with E-state index < -0.39 is 0 Å². The van der Waals surface area contributed by atoms with Gasteiger partial charge in [-0.25, -0.2) is 4.39 Å². The van der Waals surface area contributed by atoms with Crippen LogP contribution in [0.1, 0.15) is 24.5 Å². The van der Waals surface area contributed by atoms with Crippen molar-refractivity contribution >= 4 is 0 Å². The molecule has 0 saturated heterocycles. The van der Waals surface area contributed by atoms with Gasteiger partial charge in [0.1, 0.15) is 5.82 Å². The molecule has 0 fully saturated rings. The Morgan fingerprint density at radius 3 is 2.69 bits per heavy atom. The lowest BCUT2D eigenvalue weighted by Gasteiger charge is -2.07. The molecule has 0 amide bonds. The summed E-state index contributed by atoms with van der Waals surface area (Å²) in [6.07, 6.45) is 1.07. The molecule has 0 radical (unpaired) electrons. The fourth-order valence-corrected chi connectivity index (χ4v) is 1.58. The Hall–Kier alpha value is -0.930. The summed E-state index contributed by atoms with van der Waals surface area (Å²) in [5.41, 5.74) is 1.47. The highest BCUT2D eigenvalue weighted by Gasteiger charge is 2.03. The Labute approximate surface area is 97.3 Å². The Morgan fingerprint density at radius 1 is 1.19 bits per heavy atom. The molecule has 16 heavy (non-hydrogen) atoms. The fourth-order valence-electron chi connectivity index (χ4n) is 1.58. The molecule has 0 aliphatic rings. The van der Waals surface area contributed by atoms with Crippen LogP contribution >= 0.6 is 0 Å². The lowest BCUT2D eigenvalue weighted by molar-refractivity contribution is 0.567. The quantitative estimate of drug-likeness (QED) is 0.694. The average Bonchev–Trinajstić information content (AvgIpc) is 2.29. The first kappa shape index (κ1) is 13.1. The Morgan fingerprint density at radius 2 is 1.94 bits per heavy atom. The third-order valence-electron chi connectivity index (χ3n) is 2.54. The molecule has 0 aliphatic carbocycles. The summed E-state index contributed by atoms with van der Waals surface area (Å²) >= 11 is 0. The molecule has 0 heterocycles. The average molecular weight is 224 g/mol. The summed E-state index contributed by atoms with van der Waals surface area (Å²) in [5.74, 6) is -0.0818. The smallest absolute Gasteiger partial charge is 0.130 e. The molecule has 3 heteroatoms. The molecule has 2 N–H and O–H groups in total. The summed E-state index contributed by atoms with van der Waals surface area (Å²) in [6.45, 7) is 7.44. The molecule has 1 aromatic carbocycles. The van der Waals surface area contributed by atoms with E-state index in [1.54, 1.807) is 13.0 Å². The zero-order valence-electron chi connectivity index (χ0n) is 10.1. The first-order valence-electron chi connectivity index (χ1n) is 5.91. The van der Waals surface area contributed by atoms with Crippen LogP contribution in [-0.4, -0.2) is 19.6 Å². The minimum atomic E-state index is -0.0818.